The highest BCUT2D eigenvalue weighted by atomic mass is 19.1. The van der Waals surface area contributed by atoms with Crippen molar-refractivity contribution in [3.05, 3.63) is 65.5 Å². The van der Waals surface area contributed by atoms with Gasteiger partial charge in [0, 0.05) is 5.69 Å². The molecule has 114 valence electrons. The van der Waals surface area contributed by atoms with Crippen molar-refractivity contribution in [2.24, 2.45) is 10.7 Å². The number of hydrogen-bond donors (Lipinski definition) is 2. The zero-order valence-electron chi connectivity index (χ0n) is 12.6. The lowest BCUT2D eigenvalue weighted by atomic mass is 9.76. The van der Waals surface area contributed by atoms with Crippen LogP contribution in [0.4, 0.5) is 10.1 Å². The number of anilines is 1. The average molecular weight is 297 g/mol. The number of guanidine groups is 1. The van der Waals surface area contributed by atoms with E-state index in [-0.39, 0.29) is 17.8 Å². The second kappa shape index (κ2) is 6.18. The number of aliphatic imine (C=N–C) groups is 1. The fraction of sp³-hybridized carbons (Fsp3) is 0.278. The summed E-state index contributed by atoms with van der Waals surface area (Å²) in [7, 11) is 0. The fourth-order valence-electron chi connectivity index (χ4n) is 2.85. The van der Waals surface area contributed by atoms with Gasteiger partial charge < -0.3 is 11.1 Å². The van der Waals surface area contributed by atoms with E-state index in [2.05, 4.69) is 10.3 Å². The number of nitrogens with two attached hydrogens (primary N) is 1. The van der Waals surface area contributed by atoms with Crippen LogP contribution in [0.2, 0.25) is 0 Å². The van der Waals surface area contributed by atoms with E-state index in [0.717, 1.165) is 24.1 Å². The van der Waals surface area contributed by atoms with E-state index >= 15 is 0 Å². The molecule has 1 aliphatic carbocycles. The summed E-state index contributed by atoms with van der Waals surface area (Å²) in [6, 6.07) is 15.1. The van der Waals surface area contributed by atoms with Gasteiger partial charge >= 0.3 is 0 Å². The molecular formula is C18H20FN3. The van der Waals surface area contributed by atoms with Gasteiger partial charge in [-0.1, -0.05) is 30.3 Å². The molecule has 0 heterocycles. The van der Waals surface area contributed by atoms with Gasteiger partial charge in [-0.25, -0.2) is 9.38 Å². The summed E-state index contributed by atoms with van der Waals surface area (Å²) in [5.74, 6) is 0.546. The van der Waals surface area contributed by atoms with E-state index in [4.69, 9.17) is 5.73 Å². The molecule has 0 radical (unpaired) electrons. The van der Waals surface area contributed by atoms with Gasteiger partial charge in [0.25, 0.3) is 0 Å². The van der Waals surface area contributed by atoms with Gasteiger partial charge in [0.15, 0.2) is 5.96 Å². The van der Waals surface area contributed by atoms with Crippen molar-refractivity contribution in [3.63, 3.8) is 0 Å². The molecule has 22 heavy (non-hydrogen) atoms. The molecule has 2 aromatic carbocycles. The van der Waals surface area contributed by atoms with Crippen molar-refractivity contribution in [1.82, 2.24) is 0 Å². The van der Waals surface area contributed by atoms with Crippen LogP contribution in [0.25, 0.3) is 0 Å². The molecule has 0 bridgehead atoms. The van der Waals surface area contributed by atoms with Crippen molar-refractivity contribution in [2.45, 2.75) is 31.7 Å². The number of nitrogens with one attached hydrogen (secondary N) is 1. The summed E-state index contributed by atoms with van der Waals surface area (Å²) in [4.78, 5) is 4.47. The summed E-state index contributed by atoms with van der Waals surface area (Å²) in [5, 5.41) is 3.10. The molecule has 0 unspecified atom stereocenters. The lowest BCUT2D eigenvalue weighted by Crippen LogP contribution is -2.31. The normalized spacial score (nSPS) is 21.3. The average Bonchev–Trinajstić information content (AvgIpc) is 2.43. The van der Waals surface area contributed by atoms with E-state index in [9.17, 15) is 4.39 Å². The Morgan fingerprint density at radius 3 is 2.68 bits per heavy atom. The van der Waals surface area contributed by atoms with Crippen molar-refractivity contribution >= 4 is 11.6 Å². The molecule has 0 aromatic heterocycles. The number of benzene rings is 2. The van der Waals surface area contributed by atoms with Gasteiger partial charge in [0.05, 0.1) is 6.04 Å². The van der Waals surface area contributed by atoms with Crippen molar-refractivity contribution in [2.75, 3.05) is 5.32 Å². The third-order valence-electron chi connectivity index (χ3n) is 4.07. The summed E-state index contributed by atoms with van der Waals surface area (Å²) < 4.78 is 13.7. The molecule has 2 aromatic rings. The van der Waals surface area contributed by atoms with Gasteiger partial charge in [0.2, 0.25) is 0 Å². The van der Waals surface area contributed by atoms with Crippen LogP contribution < -0.4 is 11.1 Å². The smallest absolute Gasteiger partial charge is 0.193 e. The number of rotatable bonds is 3. The van der Waals surface area contributed by atoms with Crippen LogP contribution in [0.5, 0.6) is 0 Å². The summed E-state index contributed by atoms with van der Waals surface area (Å²) >= 11 is 0. The Morgan fingerprint density at radius 1 is 1.18 bits per heavy atom. The van der Waals surface area contributed by atoms with Crippen molar-refractivity contribution in [3.8, 4) is 0 Å². The largest absolute Gasteiger partial charge is 0.370 e. The maximum absolute atomic E-state index is 13.7. The second-order valence-electron chi connectivity index (χ2n) is 5.85. The van der Waals surface area contributed by atoms with E-state index in [1.807, 2.05) is 43.3 Å². The Hall–Kier alpha value is -2.36. The highest BCUT2D eigenvalue weighted by molar-refractivity contribution is 5.92. The summed E-state index contributed by atoms with van der Waals surface area (Å²) in [5.41, 5.74) is 8.84. The first-order valence-corrected chi connectivity index (χ1v) is 7.53. The molecule has 3 N–H and O–H groups in total. The molecule has 0 spiro atoms. The van der Waals surface area contributed by atoms with Crippen LogP contribution in [0.15, 0.2) is 53.5 Å². The van der Waals surface area contributed by atoms with Gasteiger partial charge in [0.1, 0.15) is 5.82 Å². The quantitative estimate of drug-likeness (QED) is 0.668. The molecule has 1 aliphatic rings. The van der Waals surface area contributed by atoms with Crippen LogP contribution in [-0.2, 0) is 0 Å². The fourth-order valence-corrected chi connectivity index (χ4v) is 2.85. The first kappa shape index (κ1) is 14.6. The predicted molar refractivity (Wildman–Crippen MR) is 88.6 cm³/mol. The summed E-state index contributed by atoms with van der Waals surface area (Å²) in [6.07, 6.45) is 1.69. The lowest BCUT2D eigenvalue weighted by Gasteiger charge is -2.33. The van der Waals surface area contributed by atoms with Crippen molar-refractivity contribution < 1.29 is 4.39 Å². The first-order chi connectivity index (χ1) is 10.6. The lowest BCUT2D eigenvalue weighted by molar-refractivity contribution is 0.344. The number of hydrogen-bond acceptors (Lipinski definition) is 1. The third-order valence-corrected chi connectivity index (χ3v) is 4.07. The highest BCUT2D eigenvalue weighted by Gasteiger charge is 2.31. The predicted octanol–water partition coefficient (Wildman–Crippen LogP) is 3.81. The Kier molecular flexibility index (Phi) is 4.09. The van der Waals surface area contributed by atoms with Crippen molar-refractivity contribution in [1.29, 1.82) is 0 Å². The highest BCUT2D eigenvalue weighted by Crippen LogP contribution is 2.39. The Bertz CT molecular complexity index is 690. The SMILES string of the molecule is Cc1cccc(NC(N)=NC2CC(c3ccccc3F)C2)c1. The molecule has 3 nitrogen and oxygen atoms in total. The standard InChI is InChI=1S/C18H20FN3/c1-12-5-4-6-14(9-12)21-18(20)22-15-10-13(11-15)16-7-2-3-8-17(16)19/h2-9,13,15H,10-11H2,1H3,(H3,20,21,22). The van der Waals surface area contributed by atoms with Gasteiger partial charge in [-0.3, -0.25) is 0 Å². The Morgan fingerprint density at radius 2 is 1.95 bits per heavy atom. The second-order valence-corrected chi connectivity index (χ2v) is 5.85. The molecular weight excluding hydrogens is 277 g/mol. The van der Waals surface area contributed by atoms with Crippen LogP contribution in [0, 0.1) is 12.7 Å². The minimum Gasteiger partial charge on any atom is -0.370 e. The first-order valence-electron chi connectivity index (χ1n) is 7.53. The molecule has 4 heteroatoms. The molecule has 0 amide bonds. The maximum Gasteiger partial charge on any atom is 0.193 e. The van der Waals surface area contributed by atoms with E-state index in [0.29, 0.717) is 5.96 Å². The minimum atomic E-state index is -0.124. The van der Waals surface area contributed by atoms with E-state index in [1.54, 1.807) is 6.07 Å². The van der Waals surface area contributed by atoms with Crippen LogP contribution >= 0.6 is 0 Å². The number of nitrogens with zero attached hydrogens (tertiary/aromatic N) is 1. The van der Waals surface area contributed by atoms with Crippen LogP contribution in [0.3, 0.4) is 0 Å². The topological polar surface area (TPSA) is 50.4 Å². The van der Waals surface area contributed by atoms with Gasteiger partial charge in [-0.15, -0.1) is 0 Å². The molecule has 0 saturated heterocycles. The van der Waals surface area contributed by atoms with E-state index < -0.39 is 0 Å². The maximum atomic E-state index is 13.7. The molecule has 1 fully saturated rings. The summed E-state index contributed by atoms with van der Waals surface area (Å²) in [6.45, 7) is 2.03. The Labute approximate surface area is 130 Å². The van der Waals surface area contributed by atoms with Crippen LogP contribution in [-0.4, -0.2) is 12.0 Å². The molecule has 3 rings (SSSR count). The zero-order valence-corrected chi connectivity index (χ0v) is 12.6. The third kappa shape index (κ3) is 3.27. The molecule has 0 atom stereocenters. The minimum absolute atomic E-state index is 0.124. The van der Waals surface area contributed by atoms with Crippen LogP contribution in [0.1, 0.15) is 29.9 Å². The number of aryl methyl sites for hydroxylation is 1. The van der Waals surface area contributed by atoms with Gasteiger partial charge in [-0.05, 0) is 55.0 Å². The molecule has 1 saturated carbocycles. The van der Waals surface area contributed by atoms with Gasteiger partial charge in [-0.2, -0.15) is 0 Å². The number of halogens is 1. The van der Waals surface area contributed by atoms with E-state index in [1.165, 1.54) is 11.6 Å². The monoisotopic (exact) mass is 297 g/mol. The zero-order chi connectivity index (χ0) is 15.5. The molecule has 0 aliphatic heterocycles. The Balaban J connectivity index is 1.58.